The Labute approximate surface area is 150 Å². The molecule has 0 unspecified atom stereocenters. The van der Waals surface area contributed by atoms with Crippen LogP contribution in [0, 0.1) is 0 Å². The van der Waals surface area contributed by atoms with Gasteiger partial charge in [0, 0.05) is 24.1 Å². The predicted octanol–water partition coefficient (Wildman–Crippen LogP) is 4.00. The average molecular weight is 349 g/mol. The first-order valence-electron chi connectivity index (χ1n) is 7.56. The molecule has 0 atom stereocenters. The van der Waals surface area contributed by atoms with E-state index in [2.05, 4.69) is 15.6 Å². The van der Waals surface area contributed by atoms with E-state index in [0.717, 1.165) is 5.75 Å². The van der Waals surface area contributed by atoms with E-state index in [9.17, 15) is 4.79 Å². The molecule has 1 aromatic heterocycles. The van der Waals surface area contributed by atoms with Crippen molar-refractivity contribution >= 4 is 28.9 Å². The summed E-state index contributed by atoms with van der Waals surface area (Å²) >= 11 is 5.18. The van der Waals surface area contributed by atoms with Gasteiger partial charge in [-0.25, -0.2) is 0 Å². The van der Waals surface area contributed by atoms with Crippen LogP contribution in [0.5, 0.6) is 11.5 Å². The molecule has 1 heterocycles. The number of amides is 1. The molecule has 3 aromatic rings. The number of pyridine rings is 1. The maximum absolute atomic E-state index is 12.1. The minimum Gasteiger partial charge on any atom is -0.457 e. The zero-order chi connectivity index (χ0) is 17.5. The molecule has 5 nitrogen and oxygen atoms in total. The molecule has 0 aliphatic rings. The standard InChI is InChI=1S/C19H15N3O2S/c23-18(14-6-5-11-20-13-14)22-19(25)21-15-7-4-10-17(12-15)24-16-8-2-1-3-9-16/h1-13H,(H2,21,22,23,25). The van der Waals surface area contributed by atoms with Crippen molar-refractivity contribution in [2.24, 2.45) is 0 Å². The number of nitrogens with zero attached hydrogens (tertiary/aromatic N) is 1. The van der Waals surface area contributed by atoms with Crippen molar-refractivity contribution in [2.75, 3.05) is 5.32 Å². The van der Waals surface area contributed by atoms with Crippen molar-refractivity contribution in [1.82, 2.24) is 10.3 Å². The Morgan fingerprint density at radius 2 is 1.76 bits per heavy atom. The van der Waals surface area contributed by atoms with Gasteiger partial charge >= 0.3 is 0 Å². The van der Waals surface area contributed by atoms with Gasteiger partial charge in [0.2, 0.25) is 0 Å². The predicted molar refractivity (Wildman–Crippen MR) is 101 cm³/mol. The molecular weight excluding hydrogens is 334 g/mol. The van der Waals surface area contributed by atoms with Crippen LogP contribution in [-0.4, -0.2) is 16.0 Å². The minimum absolute atomic E-state index is 0.200. The molecular formula is C19H15N3O2S. The number of carbonyl (C=O) groups is 1. The van der Waals surface area contributed by atoms with E-state index < -0.39 is 0 Å². The summed E-state index contributed by atoms with van der Waals surface area (Å²) in [5, 5.41) is 5.78. The summed E-state index contributed by atoms with van der Waals surface area (Å²) < 4.78 is 5.77. The van der Waals surface area contributed by atoms with Crippen LogP contribution in [0.15, 0.2) is 79.1 Å². The van der Waals surface area contributed by atoms with Crippen molar-refractivity contribution in [3.05, 3.63) is 84.7 Å². The van der Waals surface area contributed by atoms with Crippen molar-refractivity contribution in [1.29, 1.82) is 0 Å². The van der Waals surface area contributed by atoms with Gasteiger partial charge in [-0.2, -0.15) is 0 Å². The Kier molecular flexibility index (Phi) is 5.33. The molecule has 2 aromatic carbocycles. The van der Waals surface area contributed by atoms with Crippen molar-refractivity contribution < 1.29 is 9.53 Å². The zero-order valence-electron chi connectivity index (χ0n) is 13.2. The molecule has 0 radical (unpaired) electrons. The number of rotatable bonds is 4. The molecule has 25 heavy (non-hydrogen) atoms. The van der Waals surface area contributed by atoms with Crippen LogP contribution in [0.3, 0.4) is 0 Å². The number of hydrogen-bond donors (Lipinski definition) is 2. The minimum atomic E-state index is -0.317. The number of para-hydroxylation sites is 1. The lowest BCUT2D eigenvalue weighted by Crippen LogP contribution is -2.34. The monoisotopic (exact) mass is 349 g/mol. The van der Waals surface area contributed by atoms with Gasteiger partial charge in [0.1, 0.15) is 11.5 Å². The SMILES string of the molecule is O=C(NC(=S)Nc1cccc(Oc2ccccc2)c1)c1cccnc1. The molecule has 0 bridgehead atoms. The van der Waals surface area contributed by atoms with Gasteiger partial charge in [0.25, 0.3) is 5.91 Å². The van der Waals surface area contributed by atoms with Gasteiger partial charge in [0.15, 0.2) is 5.11 Å². The van der Waals surface area contributed by atoms with Crippen LogP contribution in [0.2, 0.25) is 0 Å². The fraction of sp³-hybridized carbons (Fsp3) is 0. The smallest absolute Gasteiger partial charge is 0.258 e. The molecule has 0 saturated carbocycles. The van der Waals surface area contributed by atoms with Crippen LogP contribution >= 0.6 is 12.2 Å². The Balaban J connectivity index is 1.62. The number of anilines is 1. The lowest BCUT2D eigenvalue weighted by molar-refractivity contribution is 0.0977. The van der Waals surface area contributed by atoms with Gasteiger partial charge in [0.05, 0.1) is 5.56 Å². The summed E-state index contributed by atoms with van der Waals surface area (Å²) in [7, 11) is 0. The van der Waals surface area contributed by atoms with Crippen LogP contribution in [0.4, 0.5) is 5.69 Å². The normalized spacial score (nSPS) is 9.92. The summed E-state index contributed by atoms with van der Waals surface area (Å²) in [4.78, 5) is 16.0. The fourth-order valence-corrected chi connectivity index (χ4v) is 2.31. The third kappa shape index (κ3) is 4.86. The Hall–Kier alpha value is -3.25. The van der Waals surface area contributed by atoms with Gasteiger partial charge in [-0.1, -0.05) is 24.3 Å². The fourth-order valence-electron chi connectivity index (χ4n) is 2.10. The molecule has 6 heteroatoms. The number of ether oxygens (including phenoxy) is 1. The van der Waals surface area contributed by atoms with E-state index in [1.807, 2.05) is 48.5 Å². The first-order chi connectivity index (χ1) is 12.2. The molecule has 0 fully saturated rings. The Morgan fingerprint density at radius 3 is 2.52 bits per heavy atom. The first kappa shape index (κ1) is 16.6. The number of aromatic nitrogens is 1. The largest absolute Gasteiger partial charge is 0.457 e. The molecule has 0 spiro atoms. The van der Waals surface area contributed by atoms with Gasteiger partial charge in [-0.3, -0.25) is 15.1 Å². The number of benzene rings is 2. The van der Waals surface area contributed by atoms with Crippen LogP contribution < -0.4 is 15.4 Å². The lowest BCUT2D eigenvalue weighted by atomic mass is 10.3. The Bertz CT molecular complexity index is 870. The third-order valence-corrected chi connectivity index (χ3v) is 3.43. The lowest BCUT2D eigenvalue weighted by Gasteiger charge is -2.11. The molecule has 0 aliphatic carbocycles. The molecule has 124 valence electrons. The van der Waals surface area contributed by atoms with E-state index in [4.69, 9.17) is 17.0 Å². The maximum Gasteiger partial charge on any atom is 0.258 e. The highest BCUT2D eigenvalue weighted by Gasteiger charge is 2.08. The summed E-state index contributed by atoms with van der Waals surface area (Å²) in [6.45, 7) is 0. The van der Waals surface area contributed by atoms with E-state index in [0.29, 0.717) is 17.0 Å². The average Bonchev–Trinajstić information content (AvgIpc) is 2.63. The molecule has 1 amide bonds. The number of hydrogen-bond acceptors (Lipinski definition) is 4. The second-order valence-electron chi connectivity index (χ2n) is 5.09. The highest BCUT2D eigenvalue weighted by Crippen LogP contribution is 2.23. The topological polar surface area (TPSA) is 63.2 Å². The summed E-state index contributed by atoms with van der Waals surface area (Å²) in [5.41, 5.74) is 1.15. The van der Waals surface area contributed by atoms with Crippen LogP contribution in [0.1, 0.15) is 10.4 Å². The second-order valence-corrected chi connectivity index (χ2v) is 5.50. The van der Waals surface area contributed by atoms with Crippen molar-refractivity contribution in [3.63, 3.8) is 0 Å². The molecule has 0 aliphatic heterocycles. The molecule has 3 rings (SSSR count). The summed E-state index contributed by atoms with van der Waals surface area (Å²) in [6.07, 6.45) is 3.08. The highest BCUT2D eigenvalue weighted by molar-refractivity contribution is 7.80. The van der Waals surface area contributed by atoms with Crippen molar-refractivity contribution in [3.8, 4) is 11.5 Å². The second kappa shape index (κ2) is 8.03. The highest BCUT2D eigenvalue weighted by atomic mass is 32.1. The Morgan fingerprint density at radius 1 is 0.960 bits per heavy atom. The van der Waals surface area contributed by atoms with Crippen LogP contribution in [0.25, 0.3) is 0 Å². The summed E-state index contributed by atoms with van der Waals surface area (Å²) in [6, 6.07) is 20.2. The quantitative estimate of drug-likeness (QED) is 0.697. The third-order valence-electron chi connectivity index (χ3n) is 3.22. The number of carbonyl (C=O) groups excluding carboxylic acids is 1. The number of nitrogens with one attached hydrogen (secondary N) is 2. The van der Waals surface area contributed by atoms with Gasteiger partial charge in [-0.05, 0) is 48.6 Å². The van der Waals surface area contributed by atoms with E-state index in [1.54, 1.807) is 24.4 Å². The first-order valence-corrected chi connectivity index (χ1v) is 7.97. The van der Waals surface area contributed by atoms with Crippen molar-refractivity contribution in [2.45, 2.75) is 0 Å². The zero-order valence-corrected chi connectivity index (χ0v) is 14.0. The van der Waals surface area contributed by atoms with Crippen LogP contribution in [-0.2, 0) is 0 Å². The summed E-state index contributed by atoms with van der Waals surface area (Å²) in [5.74, 6) is 1.09. The maximum atomic E-state index is 12.1. The number of thiocarbonyl (C=S) groups is 1. The molecule has 2 N–H and O–H groups in total. The van der Waals surface area contributed by atoms with E-state index in [1.165, 1.54) is 6.20 Å². The molecule has 0 saturated heterocycles. The van der Waals surface area contributed by atoms with E-state index >= 15 is 0 Å². The van der Waals surface area contributed by atoms with Gasteiger partial charge < -0.3 is 10.1 Å². The van der Waals surface area contributed by atoms with E-state index in [-0.39, 0.29) is 11.0 Å². The van der Waals surface area contributed by atoms with Gasteiger partial charge in [-0.15, -0.1) is 0 Å².